The van der Waals surface area contributed by atoms with Gasteiger partial charge in [0.25, 0.3) is 0 Å². The highest BCUT2D eigenvalue weighted by Gasteiger charge is 2.35. The second-order valence-electron chi connectivity index (χ2n) is 7.55. The molecule has 0 heterocycles. The van der Waals surface area contributed by atoms with Crippen molar-refractivity contribution in [2.24, 2.45) is 0 Å². The molecule has 5 nitrogen and oxygen atoms in total. The van der Waals surface area contributed by atoms with Gasteiger partial charge in [-0.25, -0.2) is 0 Å². The number of carbonyl (C=O) groups excluding carboxylic acids is 1. The molecule has 1 fully saturated rings. The zero-order chi connectivity index (χ0) is 20.0. The molecule has 5 heteroatoms. The molecule has 0 aliphatic heterocycles. The molecule has 0 unspecified atom stereocenters. The minimum absolute atomic E-state index is 0.0176. The molecular weight excluding hydrogens is 354 g/mol. The van der Waals surface area contributed by atoms with Crippen LogP contribution >= 0.6 is 0 Å². The number of aliphatic hydroxyl groups is 1. The fourth-order valence-corrected chi connectivity index (χ4v) is 3.74. The lowest BCUT2D eigenvalue weighted by Gasteiger charge is -2.28. The third-order valence-corrected chi connectivity index (χ3v) is 5.43. The van der Waals surface area contributed by atoms with Gasteiger partial charge in [-0.05, 0) is 48.2 Å². The van der Waals surface area contributed by atoms with Crippen LogP contribution in [0.25, 0.3) is 0 Å². The zero-order valence-corrected chi connectivity index (χ0v) is 16.7. The average Bonchev–Trinajstić information content (AvgIpc) is 3.14. The van der Waals surface area contributed by atoms with Crippen molar-refractivity contribution in [2.75, 3.05) is 14.2 Å². The molecule has 0 atom stereocenters. The van der Waals surface area contributed by atoms with Gasteiger partial charge in [-0.1, -0.05) is 37.1 Å². The van der Waals surface area contributed by atoms with Gasteiger partial charge in [-0.3, -0.25) is 4.79 Å². The second-order valence-corrected chi connectivity index (χ2v) is 7.55. The maximum Gasteiger partial charge on any atom is 0.226 e. The predicted molar refractivity (Wildman–Crippen MR) is 108 cm³/mol. The van der Waals surface area contributed by atoms with Crippen LogP contribution in [0.1, 0.15) is 43.2 Å². The van der Waals surface area contributed by atoms with E-state index >= 15 is 0 Å². The molecule has 1 amide bonds. The summed E-state index contributed by atoms with van der Waals surface area (Å²) < 4.78 is 10.4. The van der Waals surface area contributed by atoms with Crippen LogP contribution in [0.15, 0.2) is 48.5 Å². The number of rotatable bonds is 8. The first-order valence-electron chi connectivity index (χ1n) is 9.77. The lowest BCUT2D eigenvalue weighted by atomic mass is 9.97. The summed E-state index contributed by atoms with van der Waals surface area (Å²) >= 11 is 0. The summed E-state index contributed by atoms with van der Waals surface area (Å²) in [5.41, 5.74) is 1.21. The Morgan fingerprint density at radius 2 is 1.32 bits per heavy atom. The third kappa shape index (κ3) is 5.26. The van der Waals surface area contributed by atoms with Crippen molar-refractivity contribution in [3.05, 3.63) is 59.7 Å². The fraction of sp³-hybridized carbons (Fsp3) is 0.435. The Kier molecular flexibility index (Phi) is 6.57. The molecule has 0 saturated heterocycles. The molecule has 0 radical (unpaired) electrons. The maximum absolute atomic E-state index is 13.1. The molecule has 1 aliphatic rings. The standard InChI is InChI=1S/C23H29NO4/c1-27-20-9-5-18(6-10-20)16-24(17-19-7-11-21(28-2)12-8-19)22(25)15-23(26)13-3-4-14-23/h5-12,26H,3-4,13-17H2,1-2H3. The summed E-state index contributed by atoms with van der Waals surface area (Å²) in [6, 6.07) is 15.5. The Bertz CT molecular complexity index is 715. The molecule has 28 heavy (non-hydrogen) atoms. The number of methoxy groups -OCH3 is 2. The van der Waals surface area contributed by atoms with Gasteiger partial charge in [-0.2, -0.15) is 0 Å². The normalized spacial score (nSPS) is 15.2. The number of hydrogen-bond acceptors (Lipinski definition) is 4. The van der Waals surface area contributed by atoms with E-state index in [-0.39, 0.29) is 12.3 Å². The highest BCUT2D eigenvalue weighted by atomic mass is 16.5. The van der Waals surface area contributed by atoms with Crippen molar-refractivity contribution in [3.63, 3.8) is 0 Å². The van der Waals surface area contributed by atoms with E-state index in [0.29, 0.717) is 25.9 Å². The first-order valence-corrected chi connectivity index (χ1v) is 9.77. The smallest absolute Gasteiger partial charge is 0.226 e. The van der Waals surface area contributed by atoms with Gasteiger partial charge in [-0.15, -0.1) is 0 Å². The molecule has 0 spiro atoms. The van der Waals surface area contributed by atoms with E-state index in [4.69, 9.17) is 9.47 Å². The number of nitrogens with zero attached hydrogens (tertiary/aromatic N) is 1. The third-order valence-electron chi connectivity index (χ3n) is 5.43. The van der Waals surface area contributed by atoms with Crippen LogP contribution in [0.2, 0.25) is 0 Å². The first-order chi connectivity index (χ1) is 13.5. The monoisotopic (exact) mass is 383 g/mol. The summed E-state index contributed by atoms with van der Waals surface area (Å²) in [5, 5.41) is 10.7. The van der Waals surface area contributed by atoms with Crippen molar-refractivity contribution in [2.45, 2.75) is 50.8 Å². The van der Waals surface area contributed by atoms with Crippen molar-refractivity contribution in [1.82, 2.24) is 4.90 Å². The average molecular weight is 383 g/mol. The van der Waals surface area contributed by atoms with Gasteiger partial charge in [0.05, 0.1) is 26.2 Å². The SMILES string of the molecule is COc1ccc(CN(Cc2ccc(OC)cc2)C(=O)CC2(O)CCCC2)cc1. The second kappa shape index (κ2) is 9.11. The molecule has 150 valence electrons. The van der Waals surface area contributed by atoms with Crippen molar-refractivity contribution < 1.29 is 19.4 Å². The molecule has 2 aromatic rings. The Morgan fingerprint density at radius 1 is 0.893 bits per heavy atom. The van der Waals surface area contributed by atoms with E-state index in [1.165, 1.54) is 0 Å². The van der Waals surface area contributed by atoms with Gasteiger partial charge in [0.2, 0.25) is 5.91 Å². The van der Waals surface area contributed by atoms with Crippen molar-refractivity contribution in [1.29, 1.82) is 0 Å². The summed E-state index contributed by atoms with van der Waals surface area (Å²) in [7, 11) is 3.27. The van der Waals surface area contributed by atoms with E-state index in [2.05, 4.69) is 0 Å². The molecule has 0 aromatic heterocycles. The van der Waals surface area contributed by atoms with Crippen LogP contribution in [-0.2, 0) is 17.9 Å². The Balaban J connectivity index is 1.75. The molecule has 1 aliphatic carbocycles. The number of carbonyl (C=O) groups is 1. The minimum Gasteiger partial charge on any atom is -0.497 e. The lowest BCUT2D eigenvalue weighted by Crippen LogP contribution is -2.37. The van der Waals surface area contributed by atoms with Gasteiger partial charge in [0.15, 0.2) is 0 Å². The van der Waals surface area contributed by atoms with Gasteiger partial charge >= 0.3 is 0 Å². The highest BCUT2D eigenvalue weighted by Crippen LogP contribution is 2.33. The van der Waals surface area contributed by atoms with Gasteiger partial charge in [0.1, 0.15) is 11.5 Å². The Labute approximate surface area is 166 Å². The number of amides is 1. The quantitative estimate of drug-likeness (QED) is 0.750. The summed E-state index contributed by atoms with van der Waals surface area (Å²) in [4.78, 5) is 14.9. The number of benzene rings is 2. The van der Waals surface area contributed by atoms with E-state index in [1.54, 1.807) is 14.2 Å². The number of hydrogen-bond donors (Lipinski definition) is 1. The van der Waals surface area contributed by atoms with Crippen molar-refractivity contribution >= 4 is 5.91 Å². The molecule has 1 saturated carbocycles. The molecule has 2 aromatic carbocycles. The van der Waals surface area contributed by atoms with Crippen LogP contribution in [0.5, 0.6) is 11.5 Å². The Hall–Kier alpha value is -2.53. The predicted octanol–water partition coefficient (Wildman–Crippen LogP) is 3.93. The largest absolute Gasteiger partial charge is 0.497 e. The zero-order valence-electron chi connectivity index (χ0n) is 16.7. The minimum atomic E-state index is -0.852. The molecule has 1 N–H and O–H groups in total. The van der Waals surface area contributed by atoms with Crippen LogP contribution in [0.4, 0.5) is 0 Å². The van der Waals surface area contributed by atoms with Crippen LogP contribution < -0.4 is 9.47 Å². The van der Waals surface area contributed by atoms with E-state index in [1.807, 2.05) is 53.4 Å². The summed E-state index contributed by atoms with van der Waals surface area (Å²) in [6.07, 6.45) is 3.57. The van der Waals surface area contributed by atoms with Crippen LogP contribution in [-0.4, -0.2) is 35.7 Å². The first kappa shape index (κ1) is 20.2. The lowest BCUT2D eigenvalue weighted by molar-refractivity contribution is -0.137. The number of ether oxygens (including phenoxy) is 2. The summed E-state index contributed by atoms with van der Waals surface area (Å²) in [5.74, 6) is 1.56. The van der Waals surface area contributed by atoms with Crippen LogP contribution in [0, 0.1) is 0 Å². The van der Waals surface area contributed by atoms with Crippen molar-refractivity contribution in [3.8, 4) is 11.5 Å². The molecule has 0 bridgehead atoms. The molecular formula is C23H29NO4. The summed E-state index contributed by atoms with van der Waals surface area (Å²) in [6.45, 7) is 0.982. The van der Waals surface area contributed by atoms with E-state index in [9.17, 15) is 9.90 Å². The van der Waals surface area contributed by atoms with Gasteiger partial charge < -0.3 is 19.5 Å². The van der Waals surface area contributed by atoms with E-state index in [0.717, 1.165) is 35.5 Å². The topological polar surface area (TPSA) is 59.0 Å². The Morgan fingerprint density at radius 3 is 1.71 bits per heavy atom. The highest BCUT2D eigenvalue weighted by molar-refractivity contribution is 5.77. The van der Waals surface area contributed by atoms with E-state index < -0.39 is 5.60 Å². The van der Waals surface area contributed by atoms with Gasteiger partial charge in [0, 0.05) is 13.1 Å². The maximum atomic E-state index is 13.1. The fourth-order valence-electron chi connectivity index (χ4n) is 3.74. The molecule has 3 rings (SSSR count). The van der Waals surface area contributed by atoms with Crippen LogP contribution in [0.3, 0.4) is 0 Å².